The Labute approximate surface area is 557 Å². The minimum absolute atomic E-state index is 0.0163. The molecule has 0 saturated heterocycles. The fourth-order valence-electron chi connectivity index (χ4n) is 13.0. The molecular weight excluding hydrogens is 1090 g/mol. The van der Waals surface area contributed by atoms with E-state index in [0.717, 1.165) is 51.4 Å². The van der Waals surface area contributed by atoms with Gasteiger partial charge in [0.05, 0.1) is 25.4 Å². The number of aliphatic hydroxyl groups is 2. The van der Waals surface area contributed by atoms with Crippen molar-refractivity contribution in [3.8, 4) is 0 Å². The Morgan fingerprint density at radius 1 is 0.315 bits per heavy atom. The topological polar surface area (TPSA) is 95.9 Å². The second kappa shape index (κ2) is 78.5. The van der Waals surface area contributed by atoms with E-state index in [1.807, 2.05) is 6.08 Å². The Balaban J connectivity index is 3.36. The SMILES string of the molecule is CCCCC/C=C\C/C=C\CCCCCCCCCCCC(=O)OCCCCCCCCCCCCCCCCCCCCCCCCCCCCCCCC(=O)NC(CO)C(O)/C=C/CCCCCCCCCCCCCCCCCCCCCCCC. The van der Waals surface area contributed by atoms with Gasteiger partial charge in [0.15, 0.2) is 0 Å². The molecule has 0 aromatic heterocycles. The summed E-state index contributed by atoms with van der Waals surface area (Å²) in [7, 11) is 0. The molecule has 526 valence electrons. The summed E-state index contributed by atoms with van der Waals surface area (Å²) >= 11 is 0. The first kappa shape index (κ1) is 87.1. The molecule has 0 saturated carbocycles. The quantitative estimate of drug-likeness (QED) is 0.0320. The molecule has 0 radical (unpaired) electrons. The highest BCUT2D eigenvalue weighted by molar-refractivity contribution is 5.76. The first-order valence-corrected chi connectivity index (χ1v) is 40.8. The van der Waals surface area contributed by atoms with Crippen molar-refractivity contribution in [3.05, 3.63) is 36.5 Å². The normalized spacial score (nSPS) is 12.6. The first-order chi connectivity index (χ1) is 44.0. The number of rotatable bonds is 77. The number of hydrogen-bond donors (Lipinski definition) is 3. The van der Waals surface area contributed by atoms with Crippen molar-refractivity contribution in [1.29, 1.82) is 0 Å². The number of carbonyl (C=O) groups is 2. The van der Waals surface area contributed by atoms with Crippen molar-refractivity contribution in [2.75, 3.05) is 13.2 Å². The maximum Gasteiger partial charge on any atom is 0.305 e. The van der Waals surface area contributed by atoms with Gasteiger partial charge in [-0.1, -0.05) is 416 Å². The van der Waals surface area contributed by atoms with Crippen molar-refractivity contribution < 1.29 is 24.5 Å². The van der Waals surface area contributed by atoms with Gasteiger partial charge in [-0.3, -0.25) is 9.59 Å². The van der Waals surface area contributed by atoms with Crippen LogP contribution < -0.4 is 5.32 Å². The van der Waals surface area contributed by atoms with E-state index < -0.39 is 12.1 Å². The van der Waals surface area contributed by atoms with Crippen molar-refractivity contribution in [1.82, 2.24) is 5.32 Å². The van der Waals surface area contributed by atoms with E-state index in [1.165, 1.54) is 379 Å². The zero-order chi connectivity index (χ0) is 64.2. The van der Waals surface area contributed by atoms with Crippen LogP contribution in [-0.2, 0) is 14.3 Å². The second-order valence-electron chi connectivity index (χ2n) is 28.1. The van der Waals surface area contributed by atoms with E-state index in [4.69, 9.17) is 4.74 Å². The molecule has 0 aromatic rings. The molecule has 0 aromatic carbocycles. The van der Waals surface area contributed by atoms with Gasteiger partial charge < -0.3 is 20.3 Å². The van der Waals surface area contributed by atoms with Crippen LogP contribution in [0.2, 0.25) is 0 Å². The van der Waals surface area contributed by atoms with Gasteiger partial charge in [0.25, 0.3) is 0 Å². The van der Waals surface area contributed by atoms with E-state index >= 15 is 0 Å². The maximum atomic E-state index is 12.6. The zero-order valence-corrected chi connectivity index (χ0v) is 60.4. The number of esters is 1. The van der Waals surface area contributed by atoms with E-state index in [1.54, 1.807) is 6.08 Å². The maximum absolute atomic E-state index is 12.6. The second-order valence-corrected chi connectivity index (χ2v) is 28.1. The molecule has 3 N–H and O–H groups in total. The van der Waals surface area contributed by atoms with E-state index in [9.17, 15) is 19.8 Å². The Morgan fingerprint density at radius 3 is 0.876 bits per heavy atom. The van der Waals surface area contributed by atoms with Gasteiger partial charge in [-0.05, 0) is 64.2 Å². The minimum Gasteiger partial charge on any atom is -0.466 e. The molecule has 0 rings (SSSR count). The van der Waals surface area contributed by atoms with Crippen molar-refractivity contribution in [2.45, 2.75) is 469 Å². The average Bonchev–Trinajstić information content (AvgIpc) is 3.56. The Morgan fingerprint density at radius 2 is 0.562 bits per heavy atom. The molecule has 2 atom stereocenters. The van der Waals surface area contributed by atoms with E-state index in [-0.39, 0.29) is 18.5 Å². The number of allylic oxidation sites excluding steroid dienone is 5. The number of aliphatic hydroxyl groups excluding tert-OH is 2. The molecule has 0 fully saturated rings. The average molecular weight is 1250 g/mol. The summed E-state index contributed by atoms with van der Waals surface area (Å²) in [6, 6.07) is -0.627. The predicted octanol–water partition coefficient (Wildman–Crippen LogP) is 27.0. The lowest BCUT2D eigenvalue weighted by Gasteiger charge is -2.20. The molecule has 6 heteroatoms. The summed E-state index contributed by atoms with van der Waals surface area (Å²) in [4.78, 5) is 24.7. The molecule has 1 amide bonds. The fourth-order valence-corrected chi connectivity index (χ4v) is 13.0. The van der Waals surface area contributed by atoms with Gasteiger partial charge in [0, 0.05) is 12.8 Å². The number of ether oxygens (including phenoxy) is 1. The van der Waals surface area contributed by atoms with Crippen LogP contribution in [0.1, 0.15) is 457 Å². The fraction of sp³-hybridized carbons (Fsp3) is 0.904. The van der Waals surface area contributed by atoms with Gasteiger partial charge in [0.2, 0.25) is 5.91 Å². The summed E-state index contributed by atoms with van der Waals surface area (Å²) in [5, 5.41) is 23.3. The standard InChI is InChI=1S/C83H159NO5/c1-3-5-7-9-11-13-15-17-19-21-23-24-25-33-36-40-43-47-51-55-59-63-67-71-75-81(86)80(79-85)84-82(87)76-72-68-64-60-56-52-48-44-41-37-34-31-29-27-26-28-30-32-35-38-42-46-50-54-58-62-66-70-74-78-89-83(88)77-73-69-65-61-57-53-49-45-39-22-20-18-16-14-12-10-8-6-4-2/h12,14,18,20,71,75,80-81,85-86H,3-11,13,15-17,19,21-70,72-74,76-79H2,1-2H3,(H,84,87)/b14-12-,20-18-,75-71+. The largest absolute Gasteiger partial charge is 0.466 e. The molecule has 89 heavy (non-hydrogen) atoms. The van der Waals surface area contributed by atoms with Crippen molar-refractivity contribution in [3.63, 3.8) is 0 Å². The number of amides is 1. The highest BCUT2D eigenvalue weighted by atomic mass is 16.5. The smallest absolute Gasteiger partial charge is 0.305 e. The van der Waals surface area contributed by atoms with Gasteiger partial charge >= 0.3 is 5.97 Å². The third-order valence-electron chi connectivity index (χ3n) is 19.2. The summed E-state index contributed by atoms with van der Waals surface area (Å²) in [5.74, 6) is -0.0430. The van der Waals surface area contributed by atoms with Crippen LogP contribution in [0.3, 0.4) is 0 Å². The van der Waals surface area contributed by atoms with Crippen LogP contribution in [-0.4, -0.2) is 47.4 Å². The molecule has 0 aliphatic rings. The molecule has 0 bridgehead atoms. The van der Waals surface area contributed by atoms with Crippen LogP contribution in [0.15, 0.2) is 36.5 Å². The van der Waals surface area contributed by atoms with E-state index in [2.05, 4.69) is 43.5 Å². The Bertz CT molecular complexity index is 1440. The summed E-state index contributed by atoms with van der Waals surface area (Å²) in [5.41, 5.74) is 0. The van der Waals surface area contributed by atoms with E-state index in [0.29, 0.717) is 19.4 Å². The van der Waals surface area contributed by atoms with Crippen LogP contribution in [0.25, 0.3) is 0 Å². The zero-order valence-electron chi connectivity index (χ0n) is 60.4. The van der Waals surface area contributed by atoms with Gasteiger partial charge in [-0.25, -0.2) is 0 Å². The molecule has 2 unspecified atom stereocenters. The number of carbonyl (C=O) groups excluding carboxylic acids is 2. The third kappa shape index (κ3) is 75.0. The van der Waals surface area contributed by atoms with Gasteiger partial charge in [-0.15, -0.1) is 0 Å². The lowest BCUT2D eigenvalue weighted by Crippen LogP contribution is -2.45. The molecule has 6 nitrogen and oxygen atoms in total. The molecule has 0 heterocycles. The summed E-state index contributed by atoms with van der Waals surface area (Å²) in [6.07, 6.45) is 103. The summed E-state index contributed by atoms with van der Waals surface area (Å²) in [6.45, 7) is 4.93. The van der Waals surface area contributed by atoms with Crippen LogP contribution in [0.4, 0.5) is 0 Å². The third-order valence-corrected chi connectivity index (χ3v) is 19.2. The Kier molecular flexibility index (Phi) is 76.8. The lowest BCUT2D eigenvalue weighted by molar-refractivity contribution is -0.143. The molecule has 0 spiro atoms. The van der Waals surface area contributed by atoms with Crippen molar-refractivity contribution in [2.24, 2.45) is 0 Å². The molecular formula is C83H159NO5. The number of nitrogens with one attached hydrogen (secondary N) is 1. The Hall–Kier alpha value is -1.92. The van der Waals surface area contributed by atoms with Crippen molar-refractivity contribution >= 4 is 11.9 Å². The number of unbranched alkanes of at least 4 members (excludes halogenated alkanes) is 62. The van der Waals surface area contributed by atoms with Crippen LogP contribution in [0.5, 0.6) is 0 Å². The summed E-state index contributed by atoms with van der Waals surface area (Å²) < 4.78 is 5.52. The molecule has 0 aliphatic carbocycles. The van der Waals surface area contributed by atoms with Crippen LogP contribution in [0, 0.1) is 0 Å². The highest BCUT2D eigenvalue weighted by Crippen LogP contribution is 2.20. The lowest BCUT2D eigenvalue weighted by atomic mass is 10.0. The predicted molar refractivity (Wildman–Crippen MR) is 393 cm³/mol. The van der Waals surface area contributed by atoms with Gasteiger partial charge in [0.1, 0.15) is 0 Å². The van der Waals surface area contributed by atoms with Gasteiger partial charge in [-0.2, -0.15) is 0 Å². The number of hydrogen-bond acceptors (Lipinski definition) is 5. The van der Waals surface area contributed by atoms with Crippen LogP contribution >= 0.6 is 0 Å². The monoisotopic (exact) mass is 1250 g/mol. The molecule has 0 aliphatic heterocycles. The highest BCUT2D eigenvalue weighted by Gasteiger charge is 2.18. The first-order valence-electron chi connectivity index (χ1n) is 40.8. The minimum atomic E-state index is -0.844.